The van der Waals surface area contributed by atoms with Gasteiger partial charge in [0.2, 0.25) is 15.9 Å². The number of carbonyl (C=O) groups is 1. The van der Waals surface area contributed by atoms with E-state index in [0.717, 1.165) is 11.3 Å². The predicted octanol–water partition coefficient (Wildman–Crippen LogP) is 3.26. The Balaban J connectivity index is 1.77. The summed E-state index contributed by atoms with van der Waals surface area (Å²) in [5.41, 5.74) is 3.70. The van der Waals surface area contributed by atoms with Gasteiger partial charge in [-0.1, -0.05) is 30.0 Å². The lowest BCUT2D eigenvalue weighted by Crippen LogP contribution is -2.23. The van der Waals surface area contributed by atoms with Crippen LogP contribution in [0.1, 0.15) is 18.1 Å². The summed E-state index contributed by atoms with van der Waals surface area (Å²) in [6.45, 7) is 5.87. The maximum absolute atomic E-state index is 12.6. The number of rotatable bonds is 6. The lowest BCUT2D eigenvalue weighted by molar-refractivity contribution is -0.115. The van der Waals surface area contributed by atoms with Crippen LogP contribution in [0.5, 0.6) is 0 Å². The molecule has 1 aromatic heterocycles. The molecular weight excluding hydrogens is 408 g/mol. The van der Waals surface area contributed by atoms with E-state index in [1.54, 1.807) is 19.2 Å². The normalized spacial score (nSPS) is 12.6. The largest absolute Gasteiger partial charge is 0.325 e. The molecule has 3 N–H and O–H groups in total. The molecule has 1 atom stereocenters. The van der Waals surface area contributed by atoms with Crippen LogP contribution in [0.2, 0.25) is 0 Å². The summed E-state index contributed by atoms with van der Waals surface area (Å²) in [6.07, 6.45) is 3.56. The van der Waals surface area contributed by atoms with Gasteiger partial charge < -0.3 is 5.32 Å². The second-order valence-electron chi connectivity index (χ2n) is 6.62. The van der Waals surface area contributed by atoms with Crippen LogP contribution in [-0.2, 0) is 14.8 Å². The van der Waals surface area contributed by atoms with E-state index in [4.69, 9.17) is 5.14 Å². The van der Waals surface area contributed by atoms with Gasteiger partial charge in [-0.15, -0.1) is 0 Å². The smallest absolute Gasteiger partial charge is 0.238 e. The van der Waals surface area contributed by atoms with Crippen LogP contribution >= 0.6 is 11.8 Å². The van der Waals surface area contributed by atoms with Gasteiger partial charge in [-0.05, 0) is 56.2 Å². The number of imidazole rings is 1. The Morgan fingerprint density at radius 2 is 1.93 bits per heavy atom. The monoisotopic (exact) mass is 430 g/mol. The van der Waals surface area contributed by atoms with E-state index < -0.39 is 15.3 Å². The van der Waals surface area contributed by atoms with Gasteiger partial charge in [0.1, 0.15) is 0 Å². The third-order valence-corrected chi connectivity index (χ3v) is 6.52. The van der Waals surface area contributed by atoms with Crippen LogP contribution in [0.4, 0.5) is 5.69 Å². The zero-order chi connectivity index (χ0) is 21.2. The summed E-state index contributed by atoms with van der Waals surface area (Å²) in [7, 11) is -3.84. The van der Waals surface area contributed by atoms with Crippen molar-refractivity contribution in [2.75, 3.05) is 5.32 Å². The standard InChI is InChI=1S/C20H22N4O3S2/c1-13-6-4-9-18(14(13)2)24-11-10-22-20(24)28-15(3)19(25)23-16-7-5-8-17(12-16)29(21,26)27/h4-12,15H,1-3H3,(H,23,25)(H2,21,26,27). The number of carbonyl (C=O) groups excluding carboxylic acids is 1. The molecule has 9 heteroatoms. The molecule has 0 aliphatic carbocycles. The number of aromatic nitrogens is 2. The first-order valence-electron chi connectivity index (χ1n) is 8.87. The number of thioether (sulfide) groups is 1. The molecule has 1 unspecified atom stereocenters. The predicted molar refractivity (Wildman–Crippen MR) is 115 cm³/mol. The van der Waals surface area contributed by atoms with E-state index in [-0.39, 0.29) is 10.8 Å². The van der Waals surface area contributed by atoms with E-state index in [1.807, 2.05) is 42.8 Å². The van der Waals surface area contributed by atoms with Gasteiger partial charge in [-0.2, -0.15) is 0 Å². The van der Waals surface area contributed by atoms with Gasteiger partial charge in [-0.3, -0.25) is 9.36 Å². The summed E-state index contributed by atoms with van der Waals surface area (Å²) in [5.74, 6) is -0.267. The fraction of sp³-hybridized carbons (Fsp3) is 0.200. The highest BCUT2D eigenvalue weighted by Crippen LogP contribution is 2.27. The molecule has 7 nitrogen and oxygen atoms in total. The molecule has 0 bridgehead atoms. The number of nitrogens with zero attached hydrogens (tertiary/aromatic N) is 2. The highest BCUT2D eigenvalue weighted by atomic mass is 32.2. The fourth-order valence-electron chi connectivity index (χ4n) is 2.76. The molecule has 3 rings (SSSR count). The minimum atomic E-state index is -3.84. The lowest BCUT2D eigenvalue weighted by Gasteiger charge is -2.15. The molecule has 0 saturated carbocycles. The molecule has 1 amide bonds. The van der Waals surface area contributed by atoms with Crippen molar-refractivity contribution in [3.8, 4) is 5.69 Å². The van der Waals surface area contributed by atoms with E-state index in [0.29, 0.717) is 10.8 Å². The van der Waals surface area contributed by atoms with Crippen molar-refractivity contribution in [3.63, 3.8) is 0 Å². The van der Waals surface area contributed by atoms with E-state index in [9.17, 15) is 13.2 Å². The number of sulfonamides is 1. The van der Waals surface area contributed by atoms with E-state index in [1.165, 1.54) is 35.5 Å². The average molecular weight is 431 g/mol. The van der Waals surface area contributed by atoms with E-state index >= 15 is 0 Å². The average Bonchev–Trinajstić information content (AvgIpc) is 3.11. The van der Waals surface area contributed by atoms with Crippen molar-refractivity contribution in [1.29, 1.82) is 0 Å². The van der Waals surface area contributed by atoms with Crippen LogP contribution in [0.3, 0.4) is 0 Å². The SMILES string of the molecule is Cc1cccc(-n2ccnc2SC(C)C(=O)Nc2cccc(S(N)(=O)=O)c2)c1C. The summed E-state index contributed by atoms with van der Waals surface area (Å²) >= 11 is 1.32. The summed E-state index contributed by atoms with van der Waals surface area (Å²) in [6, 6.07) is 11.9. The maximum atomic E-state index is 12.6. The zero-order valence-electron chi connectivity index (χ0n) is 16.3. The molecule has 29 heavy (non-hydrogen) atoms. The number of nitrogens with two attached hydrogens (primary N) is 1. The number of hydrogen-bond donors (Lipinski definition) is 2. The van der Waals surface area contributed by atoms with Gasteiger partial charge in [0.15, 0.2) is 5.16 Å². The molecule has 2 aromatic carbocycles. The third-order valence-electron chi connectivity index (χ3n) is 4.52. The maximum Gasteiger partial charge on any atom is 0.238 e. The molecule has 0 aliphatic heterocycles. The van der Waals surface area contributed by atoms with Crippen LogP contribution in [0.15, 0.2) is 64.9 Å². The number of amides is 1. The first kappa shape index (κ1) is 21.1. The zero-order valence-corrected chi connectivity index (χ0v) is 17.9. The van der Waals surface area contributed by atoms with Crippen molar-refractivity contribution >= 4 is 33.4 Å². The van der Waals surface area contributed by atoms with Gasteiger partial charge in [0.05, 0.1) is 15.8 Å². The minimum Gasteiger partial charge on any atom is -0.325 e. The van der Waals surface area contributed by atoms with Crippen molar-refractivity contribution in [2.24, 2.45) is 5.14 Å². The Bertz CT molecular complexity index is 1160. The van der Waals surface area contributed by atoms with Crippen molar-refractivity contribution in [3.05, 3.63) is 66.0 Å². The third kappa shape index (κ3) is 4.87. The molecule has 3 aromatic rings. The Morgan fingerprint density at radius 1 is 1.21 bits per heavy atom. The molecule has 0 spiro atoms. The Hall–Kier alpha value is -2.62. The Morgan fingerprint density at radius 3 is 2.66 bits per heavy atom. The Kier molecular flexibility index (Phi) is 6.11. The number of benzene rings is 2. The van der Waals surface area contributed by atoms with Crippen LogP contribution in [0, 0.1) is 13.8 Å². The van der Waals surface area contributed by atoms with Crippen molar-refractivity contribution < 1.29 is 13.2 Å². The molecule has 0 saturated heterocycles. The van der Waals surface area contributed by atoms with Crippen LogP contribution < -0.4 is 10.5 Å². The number of primary sulfonamides is 1. The molecular formula is C20H22N4O3S2. The Labute approximate surface area is 174 Å². The first-order chi connectivity index (χ1) is 13.7. The number of aryl methyl sites for hydroxylation is 1. The van der Waals surface area contributed by atoms with Gasteiger partial charge in [0.25, 0.3) is 0 Å². The number of nitrogens with one attached hydrogen (secondary N) is 1. The van der Waals surface area contributed by atoms with Crippen LogP contribution in [0.25, 0.3) is 5.69 Å². The molecule has 0 radical (unpaired) electrons. The second-order valence-corrected chi connectivity index (χ2v) is 9.49. The van der Waals surface area contributed by atoms with Gasteiger partial charge >= 0.3 is 0 Å². The molecule has 1 heterocycles. The van der Waals surface area contributed by atoms with E-state index in [2.05, 4.69) is 10.3 Å². The number of hydrogen-bond acceptors (Lipinski definition) is 5. The molecule has 0 fully saturated rings. The van der Waals surface area contributed by atoms with Crippen LogP contribution in [-0.4, -0.2) is 29.1 Å². The highest BCUT2D eigenvalue weighted by Gasteiger charge is 2.19. The second kappa shape index (κ2) is 8.40. The summed E-state index contributed by atoms with van der Waals surface area (Å²) in [5, 5.41) is 8.11. The van der Waals surface area contributed by atoms with Crippen molar-refractivity contribution in [1.82, 2.24) is 9.55 Å². The summed E-state index contributed by atoms with van der Waals surface area (Å²) < 4.78 is 24.9. The fourth-order valence-corrected chi connectivity index (χ4v) is 4.20. The highest BCUT2D eigenvalue weighted by molar-refractivity contribution is 8.00. The molecule has 152 valence electrons. The first-order valence-corrected chi connectivity index (χ1v) is 11.3. The summed E-state index contributed by atoms with van der Waals surface area (Å²) in [4.78, 5) is 17.0. The topological polar surface area (TPSA) is 107 Å². The van der Waals surface area contributed by atoms with Gasteiger partial charge in [0, 0.05) is 18.1 Å². The quantitative estimate of drug-likeness (QED) is 0.584. The van der Waals surface area contributed by atoms with Crippen molar-refractivity contribution in [2.45, 2.75) is 36.1 Å². The molecule has 0 aliphatic rings. The number of anilines is 1. The van der Waals surface area contributed by atoms with Gasteiger partial charge in [-0.25, -0.2) is 18.5 Å². The lowest BCUT2D eigenvalue weighted by atomic mass is 10.1. The minimum absolute atomic E-state index is 0.0546.